The van der Waals surface area contributed by atoms with Crippen molar-refractivity contribution in [3.8, 4) is 10.4 Å². The van der Waals surface area contributed by atoms with Gasteiger partial charge >= 0.3 is 6.18 Å². The van der Waals surface area contributed by atoms with Crippen LogP contribution in [0.3, 0.4) is 0 Å². The van der Waals surface area contributed by atoms with E-state index in [0.717, 1.165) is 27.3 Å². The summed E-state index contributed by atoms with van der Waals surface area (Å²) in [6.45, 7) is 4.12. The smallest absolute Gasteiger partial charge is 0.408 e. The predicted molar refractivity (Wildman–Crippen MR) is 145 cm³/mol. The molecule has 5 rings (SSSR count). The molecule has 0 saturated carbocycles. The number of hydrogen-bond donors (Lipinski definition) is 1. The Bertz CT molecular complexity index is 1570. The fourth-order valence-electron chi connectivity index (χ4n) is 4.48. The van der Waals surface area contributed by atoms with Gasteiger partial charge in [0, 0.05) is 35.8 Å². The Morgan fingerprint density at radius 2 is 1.95 bits per heavy atom. The van der Waals surface area contributed by atoms with E-state index in [0.29, 0.717) is 34.7 Å². The summed E-state index contributed by atoms with van der Waals surface area (Å²) in [6.07, 6.45) is -0.630. The van der Waals surface area contributed by atoms with E-state index in [1.165, 1.54) is 23.5 Å². The third-order valence-electron chi connectivity index (χ3n) is 6.58. The van der Waals surface area contributed by atoms with Gasteiger partial charge in [0.2, 0.25) is 5.95 Å². The van der Waals surface area contributed by atoms with Crippen molar-refractivity contribution in [2.24, 2.45) is 0 Å². The second-order valence-corrected chi connectivity index (χ2v) is 10.3. The number of nitrogens with zero attached hydrogens (tertiary/aromatic N) is 4. The maximum Gasteiger partial charge on any atom is 0.416 e. The van der Waals surface area contributed by atoms with Crippen LogP contribution < -0.4 is 15.7 Å². The highest BCUT2D eigenvalue weighted by Crippen LogP contribution is 2.31. The van der Waals surface area contributed by atoms with Gasteiger partial charge in [-0.3, -0.25) is 14.6 Å². The van der Waals surface area contributed by atoms with E-state index < -0.39 is 23.3 Å². The Labute approximate surface area is 232 Å². The molecule has 1 N–H and O–H groups in total. The number of pyridine rings is 1. The van der Waals surface area contributed by atoms with Crippen molar-refractivity contribution in [1.82, 2.24) is 19.6 Å². The molecule has 8 nitrogen and oxygen atoms in total. The largest absolute Gasteiger partial charge is 0.416 e. The van der Waals surface area contributed by atoms with Crippen LogP contribution in [-0.2, 0) is 19.1 Å². The summed E-state index contributed by atoms with van der Waals surface area (Å²) in [4.78, 5) is 44.2. The lowest BCUT2D eigenvalue weighted by Crippen LogP contribution is -2.42. The number of fused-ring (bicyclic) bond motifs is 1. The Balaban J connectivity index is 1.37. The summed E-state index contributed by atoms with van der Waals surface area (Å²) < 4.78 is 39.9. The molecule has 0 saturated heterocycles. The highest BCUT2D eigenvalue weighted by Gasteiger charge is 2.31. The third-order valence-corrected chi connectivity index (χ3v) is 7.71. The minimum absolute atomic E-state index is 0.0853. The van der Waals surface area contributed by atoms with Gasteiger partial charge in [0.05, 0.1) is 34.3 Å². The van der Waals surface area contributed by atoms with Crippen molar-refractivity contribution in [2.75, 3.05) is 18.5 Å². The van der Waals surface area contributed by atoms with Crippen LogP contribution in [0.5, 0.6) is 0 Å². The van der Waals surface area contributed by atoms with Crippen molar-refractivity contribution >= 4 is 23.2 Å². The quantitative estimate of drug-likeness (QED) is 0.329. The molecule has 12 heteroatoms. The zero-order valence-electron chi connectivity index (χ0n) is 21.7. The predicted octanol–water partition coefficient (Wildman–Crippen LogP) is 5.21. The van der Waals surface area contributed by atoms with Gasteiger partial charge in [0.15, 0.2) is 0 Å². The van der Waals surface area contributed by atoms with Crippen molar-refractivity contribution in [3.05, 3.63) is 98.5 Å². The number of anilines is 1. The average molecular weight is 570 g/mol. The molecule has 4 aromatic rings. The molecule has 4 heterocycles. The first-order valence-electron chi connectivity index (χ1n) is 12.7. The molecular formula is C28H26F3N5O3S. The second-order valence-electron chi connectivity index (χ2n) is 9.25. The number of halogens is 3. The first-order valence-corrected chi connectivity index (χ1v) is 13.5. The van der Waals surface area contributed by atoms with E-state index in [1.54, 1.807) is 37.2 Å². The zero-order valence-corrected chi connectivity index (χ0v) is 22.6. The van der Waals surface area contributed by atoms with Crippen molar-refractivity contribution in [3.63, 3.8) is 0 Å². The summed E-state index contributed by atoms with van der Waals surface area (Å²) in [5.41, 5.74) is 1.25. The molecule has 0 radical (unpaired) electrons. The molecule has 0 unspecified atom stereocenters. The summed E-state index contributed by atoms with van der Waals surface area (Å²) in [7, 11) is 0. The molecule has 1 atom stereocenters. The Morgan fingerprint density at radius 3 is 2.62 bits per heavy atom. The van der Waals surface area contributed by atoms with E-state index in [9.17, 15) is 22.8 Å². The van der Waals surface area contributed by atoms with Crippen LogP contribution >= 0.6 is 11.3 Å². The molecule has 3 aromatic heterocycles. The molecule has 40 heavy (non-hydrogen) atoms. The Hall–Kier alpha value is -4.19. The van der Waals surface area contributed by atoms with Gasteiger partial charge in [-0.2, -0.15) is 13.2 Å². The van der Waals surface area contributed by atoms with E-state index >= 15 is 0 Å². The SMILES string of the molecule is CCOn1c(N[C@H](C)c2ccc(C(F)(F)F)cc2)nc2c(c1=O)CN(C(=O)c1ccc(-c3cccnc3)s1)CC2. The normalized spacial score (nSPS) is 14.0. The van der Waals surface area contributed by atoms with E-state index in [4.69, 9.17) is 4.84 Å². The molecular weight excluding hydrogens is 543 g/mol. The van der Waals surface area contributed by atoms with Crippen molar-refractivity contribution in [1.29, 1.82) is 0 Å². The molecule has 1 aliphatic rings. The Kier molecular flexibility index (Phi) is 7.61. The molecule has 1 aromatic carbocycles. The summed E-state index contributed by atoms with van der Waals surface area (Å²) >= 11 is 1.37. The molecule has 0 aliphatic carbocycles. The van der Waals surface area contributed by atoms with Crippen LogP contribution in [0.25, 0.3) is 10.4 Å². The first-order chi connectivity index (χ1) is 19.2. The number of aromatic nitrogens is 3. The molecule has 1 amide bonds. The summed E-state index contributed by atoms with van der Waals surface area (Å²) in [5.74, 6) is -0.0246. The van der Waals surface area contributed by atoms with E-state index in [-0.39, 0.29) is 25.0 Å². The Morgan fingerprint density at radius 1 is 1.18 bits per heavy atom. The van der Waals surface area contributed by atoms with Crippen molar-refractivity contribution in [2.45, 2.75) is 39.0 Å². The molecule has 0 fully saturated rings. The van der Waals surface area contributed by atoms with Crippen LogP contribution in [-0.4, -0.2) is 38.7 Å². The lowest BCUT2D eigenvalue weighted by Gasteiger charge is -2.29. The van der Waals surface area contributed by atoms with Gasteiger partial charge in [0.1, 0.15) is 6.61 Å². The first kappa shape index (κ1) is 27.4. The standard InChI is InChI=1S/C28H26F3N5O3S/c1-3-39-36-25(37)21-16-35(26(38)24-11-10-23(40-24)19-5-4-13-32-15-19)14-12-22(21)34-27(36)33-17(2)18-6-8-20(9-7-18)28(29,30)31/h4-11,13,15,17H,3,12,14,16H2,1-2H3,(H,33,34)/t17-/m1/s1. The number of carbonyl (C=O) groups is 1. The van der Waals surface area contributed by atoms with Crippen molar-refractivity contribution < 1.29 is 22.8 Å². The van der Waals surface area contributed by atoms with Gasteiger partial charge in [-0.25, -0.2) is 4.98 Å². The highest BCUT2D eigenvalue weighted by atomic mass is 32.1. The number of benzene rings is 1. The van der Waals surface area contributed by atoms with Gasteiger partial charge in [-0.15, -0.1) is 16.1 Å². The fourth-order valence-corrected chi connectivity index (χ4v) is 5.45. The van der Waals surface area contributed by atoms with Crippen LogP contribution in [0.15, 0.2) is 65.7 Å². The molecule has 0 spiro atoms. The number of alkyl halides is 3. The zero-order chi connectivity index (χ0) is 28.4. The lowest BCUT2D eigenvalue weighted by molar-refractivity contribution is -0.137. The topological polar surface area (TPSA) is 89.4 Å². The second kappa shape index (κ2) is 11.1. The number of rotatable bonds is 7. The summed E-state index contributed by atoms with van der Waals surface area (Å²) in [5, 5.41) is 3.10. The molecule has 208 valence electrons. The van der Waals surface area contributed by atoms with E-state index in [2.05, 4.69) is 15.3 Å². The highest BCUT2D eigenvalue weighted by molar-refractivity contribution is 7.17. The molecule has 1 aliphatic heterocycles. The number of amides is 1. The van der Waals surface area contributed by atoms with E-state index in [1.807, 2.05) is 18.2 Å². The van der Waals surface area contributed by atoms with Crippen LogP contribution in [0.4, 0.5) is 19.1 Å². The minimum atomic E-state index is -4.43. The number of nitrogens with one attached hydrogen (secondary N) is 1. The van der Waals surface area contributed by atoms with Gasteiger partial charge in [0.25, 0.3) is 11.5 Å². The maximum atomic E-state index is 13.5. The maximum absolute atomic E-state index is 13.5. The fraction of sp³-hybridized carbons (Fsp3) is 0.286. The lowest BCUT2D eigenvalue weighted by atomic mass is 10.1. The summed E-state index contributed by atoms with van der Waals surface area (Å²) in [6, 6.07) is 11.8. The average Bonchev–Trinajstić information content (AvgIpc) is 3.45. The van der Waals surface area contributed by atoms with Gasteiger partial charge < -0.3 is 15.1 Å². The minimum Gasteiger partial charge on any atom is -0.408 e. The number of thiophene rings is 1. The number of hydrogen-bond acceptors (Lipinski definition) is 7. The van der Waals surface area contributed by atoms with Crippen LogP contribution in [0.1, 0.15) is 51.9 Å². The number of carbonyl (C=O) groups excluding carboxylic acids is 1. The van der Waals surface area contributed by atoms with Gasteiger partial charge in [-0.05, 0) is 49.7 Å². The van der Waals surface area contributed by atoms with Gasteiger partial charge in [-0.1, -0.05) is 18.2 Å². The monoisotopic (exact) mass is 569 g/mol. The third kappa shape index (κ3) is 5.57. The molecule has 0 bridgehead atoms. The van der Waals surface area contributed by atoms with Crippen LogP contribution in [0, 0.1) is 0 Å². The van der Waals surface area contributed by atoms with Crippen LogP contribution in [0.2, 0.25) is 0 Å².